The van der Waals surface area contributed by atoms with Crippen molar-refractivity contribution in [3.8, 4) is 119 Å². The molecule has 9 nitrogen and oxygen atoms in total. The number of allylic oxidation sites excluding steroid dienone is 6. The SMILES string of the molecule is C=C/C=C(\C=C/Cc1cccc(-c2nc(-c3ccccc3)nc(-c3ccc(-c4ccc(-c5nc6ccccc6c6c5c5ccccc5n6-c5ccccc5)cc4)c4ccccc34)n2)c1)n1c2ccccc2c2c(-c3ccc(-c4ccc(-c5cc(-c6ccccc6)nc(-c6ccccc6)n5)c(/C=C\C)c4C=C)cc3)nc3ccccc3c21. The number of pyridine rings is 2. The van der Waals surface area contributed by atoms with Gasteiger partial charge in [-0.15, -0.1) is 0 Å². The van der Waals surface area contributed by atoms with E-state index in [1.165, 1.54) is 0 Å². The van der Waals surface area contributed by atoms with E-state index in [4.69, 9.17) is 34.9 Å². The fourth-order valence-electron chi connectivity index (χ4n) is 16.8. The van der Waals surface area contributed by atoms with Crippen molar-refractivity contribution in [1.29, 1.82) is 0 Å². The van der Waals surface area contributed by atoms with Crippen molar-refractivity contribution < 1.29 is 0 Å². The van der Waals surface area contributed by atoms with E-state index in [1.807, 2.05) is 66.7 Å². The highest BCUT2D eigenvalue weighted by Gasteiger charge is 2.26. The van der Waals surface area contributed by atoms with Crippen molar-refractivity contribution >= 4 is 94.0 Å². The first-order valence-electron chi connectivity index (χ1n) is 39.2. The second-order valence-electron chi connectivity index (χ2n) is 29.0. The van der Waals surface area contributed by atoms with Gasteiger partial charge in [0.05, 0.1) is 55.9 Å². The third-order valence-corrected chi connectivity index (χ3v) is 22.1. The van der Waals surface area contributed by atoms with Crippen molar-refractivity contribution in [2.45, 2.75) is 13.3 Å². The number of hydrogen-bond donors (Lipinski definition) is 0. The molecule has 0 bridgehead atoms. The predicted molar refractivity (Wildman–Crippen MR) is 484 cm³/mol. The van der Waals surface area contributed by atoms with Crippen LogP contribution in [-0.2, 0) is 6.42 Å². The van der Waals surface area contributed by atoms with Crippen molar-refractivity contribution in [2.24, 2.45) is 0 Å². The molecule has 0 aliphatic heterocycles. The molecule has 546 valence electrons. The van der Waals surface area contributed by atoms with Crippen LogP contribution in [0.3, 0.4) is 0 Å². The first-order valence-corrected chi connectivity index (χ1v) is 39.2. The average Bonchev–Trinajstić information content (AvgIpc) is 1.56. The summed E-state index contributed by atoms with van der Waals surface area (Å²) in [6.07, 6.45) is 15.3. The smallest absolute Gasteiger partial charge is 0.164 e. The highest BCUT2D eigenvalue weighted by molar-refractivity contribution is 6.24. The van der Waals surface area contributed by atoms with Crippen LogP contribution >= 0.6 is 0 Å². The van der Waals surface area contributed by atoms with Gasteiger partial charge in [0.15, 0.2) is 23.3 Å². The third kappa shape index (κ3) is 12.5. The highest BCUT2D eigenvalue weighted by atomic mass is 15.0. The van der Waals surface area contributed by atoms with Crippen molar-refractivity contribution in [3.63, 3.8) is 0 Å². The maximum atomic E-state index is 5.54. The number of fused-ring (bicyclic) bond motifs is 11. The van der Waals surface area contributed by atoms with Gasteiger partial charge >= 0.3 is 0 Å². The van der Waals surface area contributed by atoms with E-state index in [0.29, 0.717) is 29.7 Å². The quantitative estimate of drug-likeness (QED) is 0.0789. The minimum absolute atomic E-state index is 0.583. The minimum atomic E-state index is 0.583. The summed E-state index contributed by atoms with van der Waals surface area (Å²) >= 11 is 0. The maximum absolute atomic E-state index is 5.54. The number of hydrogen-bond acceptors (Lipinski definition) is 7. The second kappa shape index (κ2) is 30.0. The van der Waals surface area contributed by atoms with Gasteiger partial charge in [0.1, 0.15) is 0 Å². The van der Waals surface area contributed by atoms with Crippen molar-refractivity contribution in [1.82, 2.24) is 44.0 Å². The Bertz CT molecular complexity index is 7310. The van der Waals surface area contributed by atoms with Crippen LogP contribution in [0.2, 0.25) is 0 Å². The lowest BCUT2D eigenvalue weighted by Crippen LogP contribution is -2.01. The van der Waals surface area contributed by atoms with Gasteiger partial charge in [-0.25, -0.2) is 34.9 Å². The first-order chi connectivity index (χ1) is 57.4. The second-order valence-corrected chi connectivity index (χ2v) is 29.0. The van der Waals surface area contributed by atoms with Crippen LogP contribution in [0.4, 0.5) is 0 Å². The predicted octanol–water partition coefficient (Wildman–Crippen LogP) is 27.3. The molecule has 0 saturated carbocycles. The van der Waals surface area contributed by atoms with Gasteiger partial charge in [-0.1, -0.05) is 335 Å². The lowest BCUT2D eigenvalue weighted by Gasteiger charge is -2.17. The molecule has 0 fully saturated rings. The molecular formula is C107H73N9. The summed E-state index contributed by atoms with van der Waals surface area (Å²) in [4.78, 5) is 37.2. The zero-order chi connectivity index (χ0) is 77.6. The Balaban J connectivity index is 0.621. The summed E-state index contributed by atoms with van der Waals surface area (Å²) in [5.41, 5.74) is 27.0. The standard InChI is InChI=1S/C107H73N9/c1-4-31-78(115-96-53-27-23-49-90(96)98-100(108-92-51-25-21-47-88(92)102(98)115)73-59-55-70(56-60-73)81-63-65-86(83(32-5-2)80(81)6-3)95-68-94(72-35-11-7-12-36-72)110-104(111-95)75-37-13-8-14-38-75)44-30-34-69-33-29-41-77(67-69)106-112-105(76-39-15-9-16-40-76)113-107(114-106)87-66-64-82(84-45-19-20-46-85(84)87)71-57-61-74(62-58-71)101-99-91-50-24-28-54-97(91)116(79-42-17-10-18-43-79)103(99)89-48-22-26-52-93(89)109-101/h4-33,35-68H,1,3,34H2,2H3/b32-5-,44-30-,78-31+. The van der Waals surface area contributed by atoms with E-state index in [9.17, 15) is 0 Å². The topological polar surface area (TPSA) is 100 Å². The zero-order valence-electron chi connectivity index (χ0n) is 63.6. The summed E-state index contributed by atoms with van der Waals surface area (Å²) in [6.45, 7) is 10.8. The maximum Gasteiger partial charge on any atom is 0.164 e. The van der Waals surface area contributed by atoms with E-state index in [-0.39, 0.29) is 0 Å². The molecule has 6 heterocycles. The van der Waals surface area contributed by atoms with Gasteiger partial charge in [-0.2, -0.15) is 0 Å². The van der Waals surface area contributed by atoms with Gasteiger partial charge in [0, 0.05) is 88.2 Å². The molecule has 0 saturated heterocycles. The van der Waals surface area contributed by atoms with Crippen molar-refractivity contribution in [3.05, 3.63) is 406 Å². The summed E-state index contributed by atoms with van der Waals surface area (Å²) < 4.78 is 4.77. The van der Waals surface area contributed by atoms with Crippen LogP contribution in [0.15, 0.2) is 389 Å². The Kier molecular flexibility index (Phi) is 18.0. The van der Waals surface area contributed by atoms with Crippen LogP contribution in [0.1, 0.15) is 23.6 Å². The summed E-state index contributed by atoms with van der Waals surface area (Å²) in [6, 6.07) is 121. The van der Waals surface area contributed by atoms with Gasteiger partial charge < -0.3 is 9.13 Å². The molecule has 14 aromatic carbocycles. The lowest BCUT2D eigenvalue weighted by atomic mass is 9.89. The Labute approximate surface area is 671 Å². The molecule has 0 atom stereocenters. The number of aromatic nitrogens is 9. The Morgan fingerprint density at radius 3 is 1.43 bits per heavy atom. The molecule has 0 aliphatic rings. The number of nitrogens with zero attached hydrogens (tertiary/aromatic N) is 9. The number of rotatable bonds is 18. The zero-order valence-corrected chi connectivity index (χ0v) is 63.6. The van der Waals surface area contributed by atoms with E-state index >= 15 is 0 Å². The van der Waals surface area contributed by atoms with Gasteiger partial charge in [0.25, 0.3) is 0 Å². The molecule has 6 aromatic heterocycles. The van der Waals surface area contributed by atoms with Crippen LogP contribution in [0.5, 0.6) is 0 Å². The molecule has 0 N–H and O–H groups in total. The average molecular weight is 1480 g/mol. The molecule has 20 rings (SSSR count). The number of para-hydroxylation sites is 5. The Morgan fingerprint density at radius 1 is 0.336 bits per heavy atom. The number of benzene rings is 14. The van der Waals surface area contributed by atoms with Crippen LogP contribution < -0.4 is 0 Å². The fourth-order valence-corrected chi connectivity index (χ4v) is 16.8. The molecule has 0 aliphatic carbocycles. The summed E-state index contributed by atoms with van der Waals surface area (Å²) in [5, 5.41) is 8.72. The van der Waals surface area contributed by atoms with Gasteiger partial charge in [-0.05, 0) is 130 Å². The molecular weight excluding hydrogens is 1410 g/mol. The fraction of sp³-hybridized carbons (Fsp3) is 0.0187. The molecule has 0 spiro atoms. The molecule has 20 aromatic rings. The van der Waals surface area contributed by atoms with Gasteiger partial charge in [-0.3, -0.25) is 0 Å². The van der Waals surface area contributed by atoms with E-state index in [1.54, 1.807) is 0 Å². The summed E-state index contributed by atoms with van der Waals surface area (Å²) in [7, 11) is 0. The molecule has 0 radical (unpaired) electrons. The summed E-state index contributed by atoms with van der Waals surface area (Å²) in [5.74, 6) is 2.43. The Morgan fingerprint density at radius 2 is 0.802 bits per heavy atom. The van der Waals surface area contributed by atoms with E-state index in [0.717, 1.165) is 194 Å². The first kappa shape index (κ1) is 69.7. The van der Waals surface area contributed by atoms with Crippen LogP contribution in [0, 0.1) is 0 Å². The van der Waals surface area contributed by atoms with Crippen LogP contribution in [-0.4, -0.2) is 44.0 Å². The minimum Gasteiger partial charge on any atom is -0.308 e. The normalized spacial score (nSPS) is 11.9. The molecule has 9 heteroatoms. The molecule has 116 heavy (non-hydrogen) atoms. The van der Waals surface area contributed by atoms with E-state index < -0.39 is 0 Å². The van der Waals surface area contributed by atoms with Crippen molar-refractivity contribution in [2.75, 3.05) is 0 Å². The van der Waals surface area contributed by atoms with E-state index in [2.05, 4.69) is 351 Å². The largest absolute Gasteiger partial charge is 0.308 e. The van der Waals surface area contributed by atoms with Crippen LogP contribution in [0.25, 0.3) is 213 Å². The monoisotopic (exact) mass is 1480 g/mol. The molecule has 0 amide bonds. The lowest BCUT2D eigenvalue weighted by molar-refractivity contribution is 1.07. The molecule has 0 unspecified atom stereocenters. The third-order valence-electron chi connectivity index (χ3n) is 22.1. The highest BCUT2D eigenvalue weighted by Crippen LogP contribution is 2.46. The van der Waals surface area contributed by atoms with Gasteiger partial charge in [0.2, 0.25) is 0 Å². The Hall–Kier alpha value is -15.5.